The minimum Gasteiger partial charge on any atom is -0.493 e. The number of nitrogens with zero attached hydrogens (tertiary/aromatic N) is 1. The van der Waals surface area contributed by atoms with Crippen molar-refractivity contribution in [1.29, 1.82) is 0 Å². The van der Waals surface area contributed by atoms with Crippen LogP contribution in [0.5, 0.6) is 5.75 Å². The fourth-order valence-corrected chi connectivity index (χ4v) is 3.06. The van der Waals surface area contributed by atoms with E-state index in [1.807, 2.05) is 37.3 Å². The van der Waals surface area contributed by atoms with E-state index < -0.39 is 0 Å². The first-order valence-corrected chi connectivity index (χ1v) is 10.4. The molecule has 0 heterocycles. The van der Waals surface area contributed by atoms with E-state index in [0.717, 1.165) is 29.6 Å². The number of hydrazine groups is 1. The first-order chi connectivity index (χ1) is 14.0. The molecule has 5 nitrogen and oxygen atoms in total. The average Bonchev–Trinajstić information content (AvgIpc) is 2.72. The largest absolute Gasteiger partial charge is 0.493 e. The minimum absolute atomic E-state index is 0.107. The van der Waals surface area contributed by atoms with Crippen LogP contribution in [0.25, 0.3) is 0 Å². The van der Waals surface area contributed by atoms with Gasteiger partial charge in [0.05, 0.1) is 18.0 Å². The molecule has 1 N–H and O–H groups in total. The molecule has 5 heteroatoms. The lowest BCUT2D eigenvalue weighted by Gasteiger charge is -2.24. The van der Waals surface area contributed by atoms with Crippen LogP contribution in [0.1, 0.15) is 57.1 Å². The molecular formula is C24H32N2O3. The van der Waals surface area contributed by atoms with Gasteiger partial charge in [0.1, 0.15) is 12.0 Å². The zero-order valence-corrected chi connectivity index (χ0v) is 17.7. The average molecular weight is 397 g/mol. The summed E-state index contributed by atoms with van der Waals surface area (Å²) in [7, 11) is 0. The Balaban J connectivity index is 2.07. The second-order valence-corrected chi connectivity index (χ2v) is 7.23. The zero-order valence-electron chi connectivity index (χ0n) is 17.7. The molecule has 2 aromatic carbocycles. The summed E-state index contributed by atoms with van der Waals surface area (Å²) in [6, 6.07) is 13.8. The molecule has 2 rings (SSSR count). The van der Waals surface area contributed by atoms with Gasteiger partial charge in [-0.25, -0.2) is 5.01 Å². The molecule has 156 valence electrons. The number of anilines is 2. The SMILES string of the molecule is CCCCCCc1ccc(N(Nc2ccc(C)c(OCCC=O)c2)C(C)=O)cc1. The fraction of sp³-hybridized carbons (Fsp3) is 0.417. The van der Waals surface area contributed by atoms with Gasteiger partial charge in [0.25, 0.3) is 0 Å². The van der Waals surface area contributed by atoms with Crippen LogP contribution in [-0.2, 0) is 16.0 Å². The molecule has 0 saturated carbocycles. The number of benzene rings is 2. The number of unbranched alkanes of at least 4 members (excludes halogenated alkanes) is 3. The summed E-state index contributed by atoms with van der Waals surface area (Å²) in [4.78, 5) is 22.7. The van der Waals surface area contributed by atoms with E-state index in [4.69, 9.17) is 4.74 Å². The van der Waals surface area contributed by atoms with Crippen molar-refractivity contribution in [3.63, 3.8) is 0 Å². The zero-order chi connectivity index (χ0) is 21.1. The third-order valence-electron chi connectivity index (χ3n) is 4.75. The Labute approximate surface area is 174 Å². The highest BCUT2D eigenvalue weighted by Crippen LogP contribution is 2.25. The van der Waals surface area contributed by atoms with E-state index in [1.165, 1.54) is 43.2 Å². The Kier molecular flexibility index (Phi) is 9.22. The van der Waals surface area contributed by atoms with Crippen LogP contribution in [0.15, 0.2) is 42.5 Å². The van der Waals surface area contributed by atoms with Crippen LogP contribution in [0.3, 0.4) is 0 Å². The maximum atomic E-state index is 12.2. The molecule has 0 aliphatic carbocycles. The van der Waals surface area contributed by atoms with Crippen LogP contribution >= 0.6 is 0 Å². The Bertz CT molecular complexity index is 787. The highest BCUT2D eigenvalue weighted by Gasteiger charge is 2.13. The number of hydrogen-bond acceptors (Lipinski definition) is 4. The molecule has 1 amide bonds. The summed E-state index contributed by atoms with van der Waals surface area (Å²) >= 11 is 0. The van der Waals surface area contributed by atoms with Crippen molar-refractivity contribution < 1.29 is 14.3 Å². The van der Waals surface area contributed by atoms with Gasteiger partial charge in [0.15, 0.2) is 0 Å². The first kappa shape index (κ1) is 22.5. The molecule has 0 aliphatic heterocycles. The molecular weight excluding hydrogens is 364 g/mol. The first-order valence-electron chi connectivity index (χ1n) is 10.4. The van der Waals surface area contributed by atoms with Crippen LogP contribution in [-0.4, -0.2) is 18.8 Å². The van der Waals surface area contributed by atoms with Gasteiger partial charge in [-0.1, -0.05) is 44.4 Å². The number of carbonyl (C=O) groups excluding carboxylic acids is 2. The fourth-order valence-electron chi connectivity index (χ4n) is 3.06. The third kappa shape index (κ3) is 7.26. The quantitative estimate of drug-likeness (QED) is 0.294. The van der Waals surface area contributed by atoms with E-state index in [2.05, 4.69) is 24.5 Å². The third-order valence-corrected chi connectivity index (χ3v) is 4.75. The number of aldehydes is 1. The molecule has 0 radical (unpaired) electrons. The predicted molar refractivity (Wildman–Crippen MR) is 118 cm³/mol. The molecule has 0 unspecified atom stereocenters. The molecule has 0 bridgehead atoms. The lowest BCUT2D eigenvalue weighted by atomic mass is 10.1. The number of carbonyl (C=O) groups is 2. The summed E-state index contributed by atoms with van der Waals surface area (Å²) in [6.07, 6.45) is 7.21. The van der Waals surface area contributed by atoms with Crippen molar-refractivity contribution in [3.8, 4) is 5.75 Å². The predicted octanol–water partition coefficient (Wildman–Crippen LogP) is 5.47. The molecule has 0 spiro atoms. The van der Waals surface area contributed by atoms with Crippen molar-refractivity contribution in [3.05, 3.63) is 53.6 Å². The van der Waals surface area contributed by atoms with E-state index in [9.17, 15) is 9.59 Å². The molecule has 0 aliphatic rings. The van der Waals surface area contributed by atoms with E-state index in [1.54, 1.807) is 0 Å². The minimum atomic E-state index is -0.107. The van der Waals surface area contributed by atoms with Gasteiger partial charge in [0, 0.05) is 19.4 Å². The Hall–Kier alpha value is -2.82. The Morgan fingerprint density at radius 2 is 1.86 bits per heavy atom. The topological polar surface area (TPSA) is 58.6 Å². The highest BCUT2D eigenvalue weighted by atomic mass is 16.5. The lowest BCUT2D eigenvalue weighted by molar-refractivity contribution is -0.116. The summed E-state index contributed by atoms with van der Waals surface area (Å²) in [6.45, 7) is 6.03. The summed E-state index contributed by atoms with van der Waals surface area (Å²) in [5.41, 5.74) is 6.96. The van der Waals surface area contributed by atoms with E-state index >= 15 is 0 Å². The second-order valence-electron chi connectivity index (χ2n) is 7.23. The summed E-state index contributed by atoms with van der Waals surface area (Å²) in [5.74, 6) is 0.590. The van der Waals surface area contributed by atoms with Crippen molar-refractivity contribution in [2.75, 3.05) is 17.0 Å². The number of rotatable bonds is 12. The lowest BCUT2D eigenvalue weighted by Crippen LogP contribution is -2.34. The summed E-state index contributed by atoms with van der Waals surface area (Å²) < 4.78 is 5.66. The van der Waals surface area contributed by atoms with Crippen molar-refractivity contribution in [2.45, 2.75) is 59.3 Å². The number of aryl methyl sites for hydroxylation is 2. The monoisotopic (exact) mass is 396 g/mol. The van der Waals surface area contributed by atoms with Crippen molar-refractivity contribution in [2.24, 2.45) is 0 Å². The Morgan fingerprint density at radius 1 is 1.10 bits per heavy atom. The number of hydrogen-bond donors (Lipinski definition) is 1. The maximum Gasteiger partial charge on any atom is 0.242 e. The van der Waals surface area contributed by atoms with E-state index in [0.29, 0.717) is 18.8 Å². The second kappa shape index (κ2) is 11.9. The smallest absolute Gasteiger partial charge is 0.242 e. The van der Waals surface area contributed by atoms with E-state index in [-0.39, 0.29) is 5.91 Å². The van der Waals surface area contributed by atoms with Crippen molar-refractivity contribution >= 4 is 23.6 Å². The molecule has 0 aromatic heterocycles. The van der Waals surface area contributed by atoms with Gasteiger partial charge in [0.2, 0.25) is 5.91 Å². The summed E-state index contributed by atoms with van der Waals surface area (Å²) in [5, 5.41) is 1.53. The van der Waals surface area contributed by atoms with Gasteiger partial charge in [-0.3, -0.25) is 10.2 Å². The maximum absolute atomic E-state index is 12.2. The molecule has 0 saturated heterocycles. The normalized spacial score (nSPS) is 10.4. The molecule has 29 heavy (non-hydrogen) atoms. The van der Waals surface area contributed by atoms with Crippen LogP contribution < -0.4 is 15.2 Å². The molecule has 2 aromatic rings. The van der Waals surface area contributed by atoms with Crippen LogP contribution in [0, 0.1) is 6.92 Å². The number of amides is 1. The highest BCUT2D eigenvalue weighted by molar-refractivity contribution is 5.93. The van der Waals surface area contributed by atoms with Crippen LogP contribution in [0.2, 0.25) is 0 Å². The van der Waals surface area contributed by atoms with Crippen LogP contribution in [0.4, 0.5) is 11.4 Å². The molecule has 0 atom stereocenters. The molecule has 0 fully saturated rings. The van der Waals surface area contributed by atoms with Gasteiger partial charge in [-0.15, -0.1) is 0 Å². The van der Waals surface area contributed by atoms with Gasteiger partial charge < -0.3 is 9.53 Å². The standard InChI is InChI=1S/C24H32N2O3/c1-4-5-6-7-9-21-11-14-23(15-12-21)26(20(3)28)25-22-13-10-19(2)24(18-22)29-17-8-16-27/h10-16,18,25H,4-9,17H2,1-3H3. The number of nitrogens with one attached hydrogen (secondary N) is 1. The Morgan fingerprint density at radius 3 is 2.52 bits per heavy atom. The van der Waals surface area contributed by atoms with Crippen molar-refractivity contribution in [1.82, 2.24) is 0 Å². The van der Waals surface area contributed by atoms with Gasteiger partial charge in [-0.05, 0) is 49.1 Å². The van der Waals surface area contributed by atoms with Gasteiger partial charge >= 0.3 is 0 Å². The number of ether oxygens (including phenoxy) is 1. The van der Waals surface area contributed by atoms with Gasteiger partial charge in [-0.2, -0.15) is 0 Å².